The molecule has 3 aliphatic heterocycles. The molecule has 1 saturated carbocycles. The van der Waals surface area contributed by atoms with Crippen LogP contribution in [0.25, 0.3) is 0 Å². The number of hydrogen-bond donors (Lipinski definition) is 1. The van der Waals surface area contributed by atoms with Gasteiger partial charge in [-0.25, -0.2) is 0 Å². The average molecular weight is 386 g/mol. The number of benzene rings is 1. The van der Waals surface area contributed by atoms with Gasteiger partial charge >= 0.3 is 5.97 Å². The van der Waals surface area contributed by atoms with Crippen LogP contribution in [0.15, 0.2) is 47.8 Å². The fourth-order valence-electron chi connectivity index (χ4n) is 4.50. The molecule has 0 unspecified atom stereocenters. The van der Waals surface area contributed by atoms with E-state index in [0.717, 1.165) is 5.69 Å². The van der Waals surface area contributed by atoms with Crippen LogP contribution >= 0.6 is 23.6 Å². The third-order valence-electron chi connectivity index (χ3n) is 5.58. The van der Waals surface area contributed by atoms with Crippen molar-refractivity contribution >= 4 is 40.3 Å². The van der Waals surface area contributed by atoms with Gasteiger partial charge in [-0.05, 0) is 42.2 Å². The molecule has 4 aliphatic rings. The lowest BCUT2D eigenvalue weighted by molar-refractivity contribution is -0.194. The van der Waals surface area contributed by atoms with Gasteiger partial charge in [-0.1, -0.05) is 24.3 Å². The molecule has 5 atom stereocenters. The number of rotatable bonds is 3. The summed E-state index contributed by atoms with van der Waals surface area (Å²) in [7, 11) is 0. The van der Waals surface area contributed by atoms with Crippen LogP contribution in [0.3, 0.4) is 0 Å². The molecule has 26 heavy (non-hydrogen) atoms. The summed E-state index contributed by atoms with van der Waals surface area (Å²) in [6.07, 6.45) is -0.740. The molecule has 5 nitrogen and oxygen atoms in total. The lowest BCUT2D eigenvalue weighted by Crippen LogP contribution is -2.66. The van der Waals surface area contributed by atoms with Gasteiger partial charge in [-0.3, -0.25) is 4.79 Å². The molecule has 2 aromatic rings. The summed E-state index contributed by atoms with van der Waals surface area (Å²) in [4.78, 5) is 17.9. The summed E-state index contributed by atoms with van der Waals surface area (Å²) in [6, 6.07) is 13.8. The van der Waals surface area contributed by atoms with E-state index in [2.05, 4.69) is 15.9 Å². The number of carbonyl (C=O) groups is 1. The van der Waals surface area contributed by atoms with Gasteiger partial charge < -0.3 is 19.6 Å². The average Bonchev–Trinajstić information content (AvgIpc) is 3.25. The van der Waals surface area contributed by atoms with Crippen LogP contribution in [-0.4, -0.2) is 45.4 Å². The van der Waals surface area contributed by atoms with Crippen molar-refractivity contribution in [3.8, 4) is 0 Å². The number of hydrogen-bond acceptors (Lipinski definition) is 5. The topological polar surface area (TPSA) is 53.0 Å². The Balaban J connectivity index is 1.59. The summed E-state index contributed by atoms with van der Waals surface area (Å²) in [5.41, 5.74) is 0.982. The normalized spacial score (nSPS) is 32.7. The van der Waals surface area contributed by atoms with Crippen LogP contribution < -0.4 is 4.90 Å². The number of ether oxygens (including phenoxy) is 1. The van der Waals surface area contributed by atoms with E-state index >= 15 is 0 Å². The van der Waals surface area contributed by atoms with Crippen molar-refractivity contribution in [2.24, 2.45) is 5.92 Å². The van der Waals surface area contributed by atoms with Crippen LogP contribution in [0.5, 0.6) is 0 Å². The Morgan fingerprint density at radius 1 is 1.19 bits per heavy atom. The lowest BCUT2D eigenvalue weighted by Gasteiger charge is -2.49. The molecule has 4 fully saturated rings. The Kier molecular flexibility index (Phi) is 3.77. The lowest BCUT2D eigenvalue weighted by atomic mass is 9.74. The number of fused-ring (bicyclic) bond motifs is 2. The maximum atomic E-state index is 12.4. The zero-order valence-electron chi connectivity index (χ0n) is 13.9. The molecule has 7 heteroatoms. The van der Waals surface area contributed by atoms with Crippen molar-refractivity contribution < 1.29 is 14.6 Å². The SMILES string of the molecule is O=C1O[C@@H]2[C@H]3[C@@H]([C@H]1C[C@H]2O)N(c1ccccc1)C(=S)N3Cc1cccs1. The monoisotopic (exact) mass is 386 g/mol. The number of thiophene rings is 1. The second-order valence-corrected chi connectivity index (χ2v) is 8.39. The predicted octanol–water partition coefficient (Wildman–Crippen LogP) is 2.40. The number of aliphatic hydroxyl groups excluding tert-OH is 1. The van der Waals surface area contributed by atoms with E-state index in [-0.39, 0.29) is 24.0 Å². The highest BCUT2D eigenvalue weighted by Gasteiger charge is 2.62. The molecule has 3 saturated heterocycles. The molecule has 0 spiro atoms. The van der Waals surface area contributed by atoms with Crippen molar-refractivity contribution in [2.75, 3.05) is 4.90 Å². The third kappa shape index (κ3) is 2.31. The first-order valence-electron chi connectivity index (χ1n) is 8.71. The smallest absolute Gasteiger partial charge is 0.311 e. The van der Waals surface area contributed by atoms with E-state index in [4.69, 9.17) is 17.0 Å². The molecular formula is C19H18N2O3S2. The molecule has 4 heterocycles. The predicted molar refractivity (Wildman–Crippen MR) is 103 cm³/mol. The summed E-state index contributed by atoms with van der Waals surface area (Å²) < 4.78 is 5.58. The molecule has 0 amide bonds. The highest BCUT2D eigenvalue weighted by atomic mass is 32.1. The first-order chi connectivity index (χ1) is 12.6. The van der Waals surface area contributed by atoms with E-state index in [1.807, 2.05) is 41.8 Å². The van der Waals surface area contributed by atoms with Gasteiger partial charge in [0.25, 0.3) is 0 Å². The third-order valence-corrected chi connectivity index (χ3v) is 6.87. The van der Waals surface area contributed by atoms with Gasteiger partial charge in [0.05, 0.1) is 30.7 Å². The maximum absolute atomic E-state index is 12.4. The van der Waals surface area contributed by atoms with E-state index in [9.17, 15) is 9.90 Å². The highest BCUT2D eigenvalue weighted by molar-refractivity contribution is 7.80. The van der Waals surface area contributed by atoms with Crippen molar-refractivity contribution in [1.29, 1.82) is 0 Å². The second kappa shape index (κ2) is 6.04. The summed E-state index contributed by atoms with van der Waals surface area (Å²) in [5, 5.41) is 13.2. The van der Waals surface area contributed by atoms with Gasteiger partial charge in [-0.2, -0.15) is 0 Å². The Hall–Kier alpha value is -1.96. The van der Waals surface area contributed by atoms with Gasteiger partial charge in [0.15, 0.2) is 5.11 Å². The zero-order valence-corrected chi connectivity index (χ0v) is 15.5. The van der Waals surface area contributed by atoms with Gasteiger partial charge in [0.1, 0.15) is 6.10 Å². The molecule has 1 aliphatic carbocycles. The number of para-hydroxylation sites is 1. The van der Waals surface area contributed by atoms with Crippen LogP contribution in [0.1, 0.15) is 11.3 Å². The molecule has 1 N–H and O–H groups in total. The largest absolute Gasteiger partial charge is 0.457 e. The Bertz CT molecular complexity index is 842. The molecule has 1 aromatic carbocycles. The van der Waals surface area contributed by atoms with Gasteiger partial charge in [-0.15, -0.1) is 11.3 Å². The Morgan fingerprint density at radius 3 is 2.73 bits per heavy atom. The number of thiocarbonyl (C=S) groups is 1. The van der Waals surface area contributed by atoms with Crippen LogP contribution in [0, 0.1) is 5.92 Å². The zero-order chi connectivity index (χ0) is 17.8. The molecular weight excluding hydrogens is 368 g/mol. The Morgan fingerprint density at radius 2 is 2.00 bits per heavy atom. The molecule has 6 rings (SSSR count). The Labute approximate surface area is 160 Å². The fraction of sp³-hybridized carbons (Fsp3) is 0.368. The number of esters is 1. The second-order valence-electron chi connectivity index (χ2n) is 6.99. The number of carbonyl (C=O) groups excluding carboxylic acids is 1. The maximum Gasteiger partial charge on any atom is 0.311 e. The first-order valence-corrected chi connectivity index (χ1v) is 10.00. The van der Waals surface area contributed by atoms with E-state index in [0.29, 0.717) is 18.1 Å². The van der Waals surface area contributed by atoms with Crippen molar-refractivity contribution in [3.63, 3.8) is 0 Å². The van der Waals surface area contributed by atoms with E-state index < -0.39 is 12.2 Å². The summed E-state index contributed by atoms with van der Waals surface area (Å²) in [6.45, 7) is 0.661. The summed E-state index contributed by atoms with van der Waals surface area (Å²) in [5.74, 6) is -0.588. The van der Waals surface area contributed by atoms with Gasteiger partial charge in [0.2, 0.25) is 0 Å². The van der Waals surface area contributed by atoms with Crippen LogP contribution in [0.2, 0.25) is 0 Å². The standard InChI is InChI=1S/C19H18N2O3S2/c22-14-9-13-15-16(17(14)24-18(13)23)20(10-12-7-4-8-26-12)19(25)21(15)11-5-2-1-3-6-11/h1-8,13-17,22H,9-10H2/t13-,14-,15-,16-,17+/m1/s1. The fourth-order valence-corrected chi connectivity index (χ4v) is 5.62. The highest BCUT2D eigenvalue weighted by Crippen LogP contribution is 2.46. The van der Waals surface area contributed by atoms with E-state index in [1.165, 1.54) is 4.88 Å². The van der Waals surface area contributed by atoms with Crippen LogP contribution in [0.4, 0.5) is 5.69 Å². The molecule has 2 bridgehead atoms. The number of aliphatic hydroxyl groups is 1. The summed E-state index contributed by atoms with van der Waals surface area (Å²) >= 11 is 7.53. The number of anilines is 1. The quantitative estimate of drug-likeness (QED) is 0.646. The minimum Gasteiger partial charge on any atom is -0.457 e. The minimum absolute atomic E-state index is 0.0977. The van der Waals surface area contributed by atoms with Crippen LogP contribution in [-0.2, 0) is 16.1 Å². The van der Waals surface area contributed by atoms with Crippen molar-refractivity contribution in [2.45, 2.75) is 37.3 Å². The van der Waals surface area contributed by atoms with Gasteiger partial charge in [0, 0.05) is 10.6 Å². The van der Waals surface area contributed by atoms with Crippen molar-refractivity contribution in [3.05, 3.63) is 52.7 Å². The molecule has 134 valence electrons. The first kappa shape index (κ1) is 16.2. The molecule has 1 aromatic heterocycles. The number of nitrogens with zero attached hydrogens (tertiary/aromatic N) is 2. The van der Waals surface area contributed by atoms with E-state index in [1.54, 1.807) is 11.3 Å². The van der Waals surface area contributed by atoms with Crippen molar-refractivity contribution in [1.82, 2.24) is 4.90 Å². The molecule has 0 radical (unpaired) electrons. The minimum atomic E-state index is -0.636.